The molecule has 0 saturated heterocycles. The quantitative estimate of drug-likeness (QED) is 0.572. The number of fused-ring (bicyclic) bond motifs is 1. The first-order valence-corrected chi connectivity index (χ1v) is 10.4. The third-order valence-electron chi connectivity index (χ3n) is 5.46. The number of nitrogens with one attached hydrogen (secondary N) is 2. The fourth-order valence-electron chi connectivity index (χ4n) is 3.73. The molecule has 0 bridgehead atoms. The number of aryl methyl sites for hydroxylation is 2. The summed E-state index contributed by atoms with van der Waals surface area (Å²) >= 11 is 5.53. The normalized spacial score (nSPS) is 15.2. The Bertz CT molecular complexity index is 793. The van der Waals surface area contributed by atoms with Crippen molar-refractivity contribution in [1.29, 1.82) is 0 Å². The lowest BCUT2D eigenvalue weighted by molar-refractivity contribution is -0.125. The van der Waals surface area contributed by atoms with Gasteiger partial charge in [-0.1, -0.05) is 48.5 Å². The molecule has 3 rings (SSSR count). The van der Waals surface area contributed by atoms with Gasteiger partial charge in [-0.05, 0) is 54.9 Å². The molecular formula is C23H27ClN2O2. The number of benzene rings is 2. The van der Waals surface area contributed by atoms with Crippen LogP contribution in [-0.4, -0.2) is 17.7 Å². The number of carbonyl (C=O) groups is 2. The monoisotopic (exact) mass is 398 g/mol. The average molecular weight is 399 g/mol. The Morgan fingerprint density at radius 3 is 2.21 bits per heavy atom. The fourth-order valence-corrected chi connectivity index (χ4v) is 3.81. The number of hydrogen-bond acceptors (Lipinski definition) is 2. The van der Waals surface area contributed by atoms with Crippen molar-refractivity contribution in [2.24, 2.45) is 5.92 Å². The standard InChI is InChI=1S/C23H27ClN2O2/c1-16(26-22(27)14-24)18-8-6-17(7-9-18)15-25-23(28)21-12-10-19-4-2-3-5-20(19)11-13-21/h2-9,16,21H,10-15H2,1H3,(H,25,28)(H,26,27). The smallest absolute Gasteiger partial charge is 0.235 e. The Hall–Kier alpha value is -2.33. The molecule has 5 heteroatoms. The summed E-state index contributed by atoms with van der Waals surface area (Å²) < 4.78 is 0. The zero-order valence-electron chi connectivity index (χ0n) is 16.2. The summed E-state index contributed by atoms with van der Waals surface area (Å²) in [7, 11) is 0. The third-order valence-corrected chi connectivity index (χ3v) is 5.70. The maximum Gasteiger partial charge on any atom is 0.235 e. The lowest BCUT2D eigenvalue weighted by atomic mass is 9.98. The van der Waals surface area contributed by atoms with Gasteiger partial charge in [-0.3, -0.25) is 9.59 Å². The minimum atomic E-state index is -0.184. The second kappa shape index (κ2) is 9.74. The van der Waals surface area contributed by atoms with Crippen molar-refractivity contribution in [3.05, 3.63) is 70.8 Å². The van der Waals surface area contributed by atoms with E-state index in [2.05, 4.69) is 34.9 Å². The second-order valence-corrected chi connectivity index (χ2v) is 7.69. The Morgan fingerprint density at radius 1 is 1.04 bits per heavy atom. The molecule has 2 aromatic rings. The molecule has 0 aromatic heterocycles. The van der Waals surface area contributed by atoms with Crippen molar-refractivity contribution in [1.82, 2.24) is 10.6 Å². The van der Waals surface area contributed by atoms with Crippen molar-refractivity contribution in [2.45, 2.75) is 45.2 Å². The highest BCUT2D eigenvalue weighted by molar-refractivity contribution is 6.27. The summed E-state index contributed by atoms with van der Waals surface area (Å²) in [6.45, 7) is 2.44. The Morgan fingerprint density at radius 2 is 1.64 bits per heavy atom. The van der Waals surface area contributed by atoms with Gasteiger partial charge in [-0.15, -0.1) is 11.6 Å². The number of alkyl halides is 1. The maximum atomic E-state index is 12.6. The Kier molecular flexibility index (Phi) is 7.10. The van der Waals surface area contributed by atoms with Gasteiger partial charge in [-0.25, -0.2) is 0 Å². The van der Waals surface area contributed by atoms with Crippen LogP contribution in [0.25, 0.3) is 0 Å². The fraction of sp³-hybridized carbons (Fsp3) is 0.391. The topological polar surface area (TPSA) is 58.2 Å². The van der Waals surface area contributed by atoms with Crippen molar-refractivity contribution < 1.29 is 9.59 Å². The molecule has 0 fully saturated rings. The van der Waals surface area contributed by atoms with Crippen LogP contribution in [0.2, 0.25) is 0 Å². The number of rotatable bonds is 6. The minimum Gasteiger partial charge on any atom is -0.352 e. The van der Waals surface area contributed by atoms with Crippen LogP contribution in [0.1, 0.15) is 48.1 Å². The third kappa shape index (κ3) is 5.35. The van der Waals surface area contributed by atoms with Gasteiger partial charge in [0.05, 0.1) is 6.04 Å². The number of amides is 2. The summed E-state index contributed by atoms with van der Waals surface area (Å²) in [6.07, 6.45) is 3.74. The molecule has 148 valence electrons. The lowest BCUT2D eigenvalue weighted by Crippen LogP contribution is -2.30. The van der Waals surface area contributed by atoms with Gasteiger partial charge in [0.15, 0.2) is 0 Å². The number of halogens is 1. The molecule has 0 spiro atoms. The highest BCUT2D eigenvalue weighted by Crippen LogP contribution is 2.24. The van der Waals surface area contributed by atoms with E-state index in [0.717, 1.165) is 36.8 Å². The molecule has 28 heavy (non-hydrogen) atoms. The van der Waals surface area contributed by atoms with Gasteiger partial charge < -0.3 is 10.6 Å². The first-order chi connectivity index (χ1) is 13.6. The summed E-state index contributed by atoms with van der Waals surface area (Å²) in [5.74, 6) is -0.0195. The van der Waals surface area contributed by atoms with Crippen molar-refractivity contribution in [3.8, 4) is 0 Å². The van der Waals surface area contributed by atoms with E-state index >= 15 is 0 Å². The highest BCUT2D eigenvalue weighted by atomic mass is 35.5. The summed E-state index contributed by atoms with van der Waals surface area (Å²) in [6, 6.07) is 16.3. The second-order valence-electron chi connectivity index (χ2n) is 7.43. The van der Waals surface area contributed by atoms with Gasteiger partial charge in [0, 0.05) is 12.5 Å². The van der Waals surface area contributed by atoms with Crippen LogP contribution >= 0.6 is 11.6 Å². The zero-order chi connectivity index (χ0) is 19.9. The predicted octanol–water partition coefficient (Wildman–Crippen LogP) is 3.91. The molecule has 1 aliphatic rings. The minimum absolute atomic E-state index is 0.0410. The predicted molar refractivity (Wildman–Crippen MR) is 112 cm³/mol. The number of carbonyl (C=O) groups excluding carboxylic acids is 2. The molecule has 1 aliphatic carbocycles. The zero-order valence-corrected chi connectivity index (χ0v) is 17.0. The molecule has 0 heterocycles. The van der Waals surface area contributed by atoms with E-state index in [0.29, 0.717) is 6.54 Å². The van der Waals surface area contributed by atoms with E-state index in [1.54, 1.807) is 0 Å². The summed E-state index contributed by atoms with van der Waals surface area (Å²) in [4.78, 5) is 24.0. The van der Waals surface area contributed by atoms with Crippen LogP contribution in [0.4, 0.5) is 0 Å². The first-order valence-electron chi connectivity index (χ1n) is 9.85. The van der Waals surface area contributed by atoms with Crippen LogP contribution in [0, 0.1) is 5.92 Å². The first kappa shape index (κ1) is 20.4. The maximum absolute atomic E-state index is 12.6. The largest absolute Gasteiger partial charge is 0.352 e. The van der Waals surface area contributed by atoms with Crippen LogP contribution in [0.15, 0.2) is 48.5 Å². The van der Waals surface area contributed by atoms with Gasteiger partial charge in [0.1, 0.15) is 5.88 Å². The molecule has 2 N–H and O–H groups in total. The highest BCUT2D eigenvalue weighted by Gasteiger charge is 2.22. The molecule has 2 amide bonds. The van der Waals surface area contributed by atoms with Crippen molar-refractivity contribution in [2.75, 3.05) is 5.88 Å². The molecule has 2 aromatic carbocycles. The molecule has 0 saturated carbocycles. The van der Waals surface area contributed by atoms with E-state index in [-0.39, 0.29) is 29.7 Å². The van der Waals surface area contributed by atoms with Crippen LogP contribution in [0.5, 0.6) is 0 Å². The van der Waals surface area contributed by atoms with Crippen molar-refractivity contribution in [3.63, 3.8) is 0 Å². The van der Waals surface area contributed by atoms with Gasteiger partial charge >= 0.3 is 0 Å². The average Bonchev–Trinajstić information content (AvgIpc) is 2.95. The molecule has 1 unspecified atom stereocenters. The van der Waals surface area contributed by atoms with E-state index in [1.165, 1.54) is 11.1 Å². The van der Waals surface area contributed by atoms with Crippen LogP contribution in [0.3, 0.4) is 0 Å². The summed E-state index contributed by atoms with van der Waals surface area (Å²) in [5, 5.41) is 5.92. The van der Waals surface area contributed by atoms with Gasteiger partial charge in [0.25, 0.3) is 0 Å². The number of hydrogen-bond donors (Lipinski definition) is 2. The SMILES string of the molecule is CC(NC(=O)CCl)c1ccc(CNC(=O)C2CCc3ccccc3CC2)cc1. The van der Waals surface area contributed by atoms with E-state index in [4.69, 9.17) is 11.6 Å². The molecule has 1 atom stereocenters. The summed E-state index contributed by atoms with van der Waals surface area (Å²) in [5.41, 5.74) is 4.81. The van der Waals surface area contributed by atoms with E-state index in [1.807, 2.05) is 31.2 Å². The molecule has 0 aliphatic heterocycles. The van der Waals surface area contributed by atoms with E-state index < -0.39 is 0 Å². The Labute approximate surface area is 171 Å². The molecular weight excluding hydrogens is 372 g/mol. The van der Waals surface area contributed by atoms with Crippen LogP contribution in [-0.2, 0) is 29.0 Å². The van der Waals surface area contributed by atoms with E-state index in [9.17, 15) is 9.59 Å². The van der Waals surface area contributed by atoms with Gasteiger partial charge in [-0.2, -0.15) is 0 Å². The molecule has 0 radical (unpaired) electrons. The Balaban J connectivity index is 1.50. The molecule has 4 nitrogen and oxygen atoms in total. The van der Waals surface area contributed by atoms with Crippen molar-refractivity contribution >= 4 is 23.4 Å². The van der Waals surface area contributed by atoms with Crippen LogP contribution < -0.4 is 10.6 Å². The lowest BCUT2D eigenvalue weighted by Gasteiger charge is -2.16. The van der Waals surface area contributed by atoms with Gasteiger partial charge in [0.2, 0.25) is 11.8 Å².